The molecule has 3 heterocycles. The van der Waals surface area contributed by atoms with Crippen LogP contribution in [-0.2, 0) is 0 Å². The summed E-state index contributed by atoms with van der Waals surface area (Å²) < 4.78 is 0. The highest BCUT2D eigenvalue weighted by atomic mass is 35.5. The number of benzene rings is 1. The van der Waals surface area contributed by atoms with Crippen LogP contribution in [0.2, 0.25) is 5.02 Å². The Morgan fingerprint density at radius 2 is 1.96 bits per heavy atom. The van der Waals surface area contributed by atoms with Crippen molar-refractivity contribution in [2.24, 2.45) is 0 Å². The van der Waals surface area contributed by atoms with E-state index >= 15 is 0 Å². The topological polar surface area (TPSA) is 87.6 Å². The number of aromatic nitrogens is 5. The third kappa shape index (κ3) is 2.42. The molecule has 0 spiro atoms. The molecule has 7 heteroatoms. The van der Waals surface area contributed by atoms with E-state index in [0.717, 1.165) is 22.1 Å². The molecule has 0 amide bonds. The van der Waals surface area contributed by atoms with E-state index in [1.165, 1.54) is 0 Å². The number of nitrogens with zero attached hydrogens (tertiary/aromatic N) is 4. The van der Waals surface area contributed by atoms with Gasteiger partial charge in [-0.3, -0.25) is 15.0 Å². The normalized spacial score (nSPS) is 12.8. The molecule has 2 N–H and O–H groups in total. The number of fused-ring (bicyclic) bond motifs is 3. The number of aryl methyl sites for hydroxylation is 1. The van der Waals surface area contributed by atoms with E-state index in [1.807, 2.05) is 19.1 Å². The molecule has 0 radical (unpaired) electrons. The molecule has 0 saturated heterocycles. The zero-order chi connectivity index (χ0) is 16.0. The Balaban J connectivity index is 1.86. The Bertz CT molecular complexity index is 1010. The monoisotopic (exact) mass is 325 g/mol. The number of H-pyrrole nitrogens is 1. The summed E-state index contributed by atoms with van der Waals surface area (Å²) in [5.74, 6) is 0.396. The van der Waals surface area contributed by atoms with Crippen LogP contribution in [0.1, 0.15) is 23.3 Å². The molecule has 6 nitrogen and oxygen atoms in total. The molecule has 0 aliphatic rings. The first-order valence-electron chi connectivity index (χ1n) is 7.02. The van der Waals surface area contributed by atoms with Crippen molar-refractivity contribution in [1.82, 2.24) is 24.9 Å². The van der Waals surface area contributed by atoms with Gasteiger partial charge in [-0.05, 0) is 25.1 Å². The lowest BCUT2D eigenvalue weighted by atomic mass is 10.2. The minimum atomic E-state index is -0.982. The Morgan fingerprint density at radius 3 is 2.74 bits per heavy atom. The van der Waals surface area contributed by atoms with Gasteiger partial charge in [-0.2, -0.15) is 0 Å². The van der Waals surface area contributed by atoms with Gasteiger partial charge in [-0.25, -0.2) is 4.98 Å². The minimum Gasteiger partial charge on any atom is -0.379 e. The van der Waals surface area contributed by atoms with Crippen molar-refractivity contribution in [2.75, 3.05) is 0 Å². The van der Waals surface area contributed by atoms with Crippen LogP contribution >= 0.6 is 11.6 Å². The second-order valence-corrected chi connectivity index (χ2v) is 5.72. The van der Waals surface area contributed by atoms with Crippen LogP contribution in [0.25, 0.3) is 21.9 Å². The fraction of sp³-hybridized carbons (Fsp3) is 0.125. The van der Waals surface area contributed by atoms with Crippen molar-refractivity contribution in [2.45, 2.75) is 13.0 Å². The summed E-state index contributed by atoms with van der Waals surface area (Å²) in [5, 5.41) is 11.9. The molecule has 0 bridgehead atoms. The maximum Gasteiger partial charge on any atom is 0.155 e. The summed E-state index contributed by atoms with van der Waals surface area (Å²) >= 11 is 6.07. The summed E-state index contributed by atoms with van der Waals surface area (Å²) in [7, 11) is 0. The number of halogens is 1. The van der Waals surface area contributed by atoms with E-state index < -0.39 is 6.10 Å². The number of nitrogens with one attached hydrogen (secondary N) is 1. The molecule has 4 rings (SSSR count). The SMILES string of the molecule is Cc1cnc(C(O)c2nc3cnc4ccc(Cl)cc4c3[nH]2)cn1. The van der Waals surface area contributed by atoms with Crippen LogP contribution in [0.3, 0.4) is 0 Å². The van der Waals surface area contributed by atoms with Crippen molar-refractivity contribution in [3.05, 3.63) is 59.0 Å². The van der Waals surface area contributed by atoms with Gasteiger partial charge < -0.3 is 10.1 Å². The lowest BCUT2D eigenvalue weighted by Crippen LogP contribution is -2.05. The average molecular weight is 326 g/mol. The lowest BCUT2D eigenvalue weighted by molar-refractivity contribution is 0.206. The van der Waals surface area contributed by atoms with Gasteiger partial charge in [0.1, 0.15) is 11.3 Å². The third-order valence-electron chi connectivity index (χ3n) is 3.64. The highest BCUT2D eigenvalue weighted by Gasteiger charge is 2.18. The summed E-state index contributed by atoms with van der Waals surface area (Å²) in [6, 6.07) is 5.46. The summed E-state index contributed by atoms with van der Waals surface area (Å²) in [6.45, 7) is 1.84. The van der Waals surface area contributed by atoms with Crippen LogP contribution in [0.5, 0.6) is 0 Å². The molecule has 4 aromatic rings. The predicted octanol–water partition coefficient (Wildman–Crippen LogP) is 2.94. The zero-order valence-electron chi connectivity index (χ0n) is 12.2. The van der Waals surface area contributed by atoms with E-state index in [9.17, 15) is 5.11 Å². The molecule has 23 heavy (non-hydrogen) atoms. The molecule has 3 aromatic heterocycles. The van der Waals surface area contributed by atoms with Crippen molar-refractivity contribution in [1.29, 1.82) is 0 Å². The first-order chi connectivity index (χ1) is 11.1. The van der Waals surface area contributed by atoms with Crippen molar-refractivity contribution < 1.29 is 5.11 Å². The molecular formula is C16H12ClN5O. The van der Waals surface area contributed by atoms with Crippen LogP contribution in [0.15, 0.2) is 36.8 Å². The highest BCUT2D eigenvalue weighted by Crippen LogP contribution is 2.27. The number of aliphatic hydroxyl groups is 1. The molecule has 1 aromatic carbocycles. The molecule has 1 atom stereocenters. The third-order valence-corrected chi connectivity index (χ3v) is 3.88. The minimum absolute atomic E-state index is 0.396. The molecule has 1 unspecified atom stereocenters. The van der Waals surface area contributed by atoms with E-state index in [2.05, 4.69) is 24.9 Å². The lowest BCUT2D eigenvalue weighted by Gasteiger charge is -2.06. The van der Waals surface area contributed by atoms with Gasteiger partial charge in [0.25, 0.3) is 0 Å². The molecular weight excluding hydrogens is 314 g/mol. The number of aromatic amines is 1. The van der Waals surface area contributed by atoms with E-state index in [4.69, 9.17) is 11.6 Å². The summed E-state index contributed by atoms with van der Waals surface area (Å²) in [5.41, 5.74) is 3.47. The molecule has 114 valence electrons. The smallest absolute Gasteiger partial charge is 0.155 e. The maximum atomic E-state index is 10.5. The standard InChI is InChI=1S/C16H12ClN5O/c1-8-5-19-13(7-18-8)15(23)16-21-12-6-20-11-3-2-9(17)4-10(11)14(12)22-16/h2-7,15,23H,1H3,(H,21,22). The van der Waals surface area contributed by atoms with Gasteiger partial charge in [-0.1, -0.05) is 11.6 Å². The Kier molecular flexibility index (Phi) is 3.21. The number of rotatable bonds is 2. The maximum absolute atomic E-state index is 10.5. The van der Waals surface area contributed by atoms with Gasteiger partial charge in [0.15, 0.2) is 6.10 Å². The van der Waals surface area contributed by atoms with Gasteiger partial charge in [0.2, 0.25) is 0 Å². The van der Waals surface area contributed by atoms with Gasteiger partial charge in [-0.15, -0.1) is 0 Å². The zero-order valence-corrected chi connectivity index (χ0v) is 12.9. The van der Waals surface area contributed by atoms with Crippen LogP contribution < -0.4 is 0 Å². The van der Waals surface area contributed by atoms with Crippen LogP contribution in [0.4, 0.5) is 0 Å². The number of imidazole rings is 1. The van der Waals surface area contributed by atoms with Crippen molar-refractivity contribution in [3.8, 4) is 0 Å². The molecule has 0 aliphatic carbocycles. The van der Waals surface area contributed by atoms with Gasteiger partial charge >= 0.3 is 0 Å². The largest absolute Gasteiger partial charge is 0.379 e. The summed E-state index contributed by atoms with van der Waals surface area (Å²) in [6.07, 6.45) is 3.84. The predicted molar refractivity (Wildman–Crippen MR) is 87.2 cm³/mol. The van der Waals surface area contributed by atoms with Crippen molar-refractivity contribution in [3.63, 3.8) is 0 Å². The first-order valence-corrected chi connectivity index (χ1v) is 7.40. The second kappa shape index (κ2) is 5.26. The number of hydrogen-bond donors (Lipinski definition) is 2. The van der Waals surface area contributed by atoms with E-state index in [-0.39, 0.29) is 0 Å². The Morgan fingerprint density at radius 1 is 1.09 bits per heavy atom. The number of pyridine rings is 1. The Hall–Kier alpha value is -2.57. The fourth-order valence-corrected chi connectivity index (χ4v) is 2.64. The van der Waals surface area contributed by atoms with Gasteiger partial charge in [0, 0.05) is 16.6 Å². The average Bonchev–Trinajstić information content (AvgIpc) is 2.99. The van der Waals surface area contributed by atoms with Crippen LogP contribution in [0, 0.1) is 6.92 Å². The summed E-state index contributed by atoms with van der Waals surface area (Å²) in [4.78, 5) is 20.3. The number of hydrogen-bond acceptors (Lipinski definition) is 5. The van der Waals surface area contributed by atoms with E-state index in [1.54, 1.807) is 24.7 Å². The fourth-order valence-electron chi connectivity index (χ4n) is 2.47. The highest BCUT2D eigenvalue weighted by molar-refractivity contribution is 6.31. The molecule has 0 saturated carbocycles. The van der Waals surface area contributed by atoms with Gasteiger partial charge in [0.05, 0.1) is 34.8 Å². The molecule has 0 aliphatic heterocycles. The first kappa shape index (κ1) is 14.0. The second-order valence-electron chi connectivity index (χ2n) is 5.29. The Labute approximate surface area is 136 Å². The van der Waals surface area contributed by atoms with Crippen molar-refractivity contribution >= 4 is 33.5 Å². The number of aliphatic hydroxyl groups excluding tert-OH is 1. The quantitative estimate of drug-likeness (QED) is 0.591. The van der Waals surface area contributed by atoms with E-state index in [0.29, 0.717) is 22.1 Å². The van der Waals surface area contributed by atoms with Crippen LogP contribution in [-0.4, -0.2) is 30.0 Å². The molecule has 0 fully saturated rings.